The number of carbonyl (C=O) groups excluding carboxylic acids is 1. The number of para-hydroxylation sites is 2. The highest BCUT2D eigenvalue weighted by Gasteiger charge is 2.34. The van der Waals surface area contributed by atoms with Crippen LogP contribution in [0.1, 0.15) is 26.6 Å². The lowest BCUT2D eigenvalue weighted by Gasteiger charge is -2.40. The monoisotopic (exact) mass is 372 g/mol. The molecule has 8 heteroatoms. The van der Waals surface area contributed by atoms with Gasteiger partial charge < -0.3 is 25.3 Å². The summed E-state index contributed by atoms with van der Waals surface area (Å²) in [4.78, 5) is 25.8. The van der Waals surface area contributed by atoms with E-state index in [1.165, 1.54) is 0 Å². The zero-order valence-corrected chi connectivity index (χ0v) is 16.4. The number of rotatable bonds is 4. The van der Waals surface area contributed by atoms with Crippen molar-refractivity contribution in [2.24, 2.45) is 4.99 Å². The highest BCUT2D eigenvalue weighted by atomic mass is 16.6. The first kappa shape index (κ1) is 19.0. The summed E-state index contributed by atoms with van der Waals surface area (Å²) in [6.45, 7) is 7.54. The Balaban J connectivity index is 1.40. The number of likely N-dealkylation sites (tertiary alicyclic amines) is 1. The zero-order chi connectivity index (χ0) is 19.4. The molecule has 1 fully saturated rings. The Bertz CT molecular complexity index is 784. The Kier molecular flexibility index (Phi) is 5.53. The fraction of sp³-hybridized carbons (Fsp3) is 0.526. The van der Waals surface area contributed by atoms with E-state index in [-0.39, 0.29) is 12.1 Å². The van der Waals surface area contributed by atoms with Crippen LogP contribution in [0, 0.1) is 0 Å². The van der Waals surface area contributed by atoms with Crippen molar-refractivity contribution in [2.45, 2.75) is 38.8 Å². The van der Waals surface area contributed by atoms with Gasteiger partial charge in [-0.3, -0.25) is 4.99 Å². The number of guanidine groups is 1. The van der Waals surface area contributed by atoms with Crippen LogP contribution in [0.25, 0.3) is 11.0 Å². The third kappa shape index (κ3) is 5.12. The molecule has 0 radical (unpaired) electrons. The van der Waals surface area contributed by atoms with E-state index < -0.39 is 5.60 Å². The average Bonchev–Trinajstić information content (AvgIpc) is 2.96. The van der Waals surface area contributed by atoms with Gasteiger partial charge in [-0.1, -0.05) is 12.1 Å². The molecule has 1 aliphatic rings. The summed E-state index contributed by atoms with van der Waals surface area (Å²) in [6, 6.07) is 8.17. The van der Waals surface area contributed by atoms with Crippen LogP contribution in [0.4, 0.5) is 4.79 Å². The van der Waals surface area contributed by atoms with Crippen LogP contribution in [0.2, 0.25) is 0 Å². The Morgan fingerprint density at radius 1 is 1.37 bits per heavy atom. The predicted molar refractivity (Wildman–Crippen MR) is 106 cm³/mol. The maximum absolute atomic E-state index is 12.0. The van der Waals surface area contributed by atoms with Gasteiger partial charge in [0, 0.05) is 33.1 Å². The van der Waals surface area contributed by atoms with Gasteiger partial charge in [0.05, 0.1) is 17.1 Å². The third-order valence-corrected chi connectivity index (χ3v) is 4.19. The maximum atomic E-state index is 12.0. The van der Waals surface area contributed by atoms with Crippen LogP contribution >= 0.6 is 0 Å². The van der Waals surface area contributed by atoms with Crippen LogP contribution in [0.15, 0.2) is 29.3 Å². The number of carbonyl (C=O) groups is 1. The van der Waals surface area contributed by atoms with Crippen molar-refractivity contribution in [3.8, 4) is 0 Å². The molecule has 0 atom stereocenters. The lowest BCUT2D eigenvalue weighted by Crippen LogP contribution is -2.63. The van der Waals surface area contributed by atoms with E-state index >= 15 is 0 Å². The number of H-pyrrole nitrogens is 1. The number of aromatic amines is 1. The molecule has 2 heterocycles. The molecule has 3 N–H and O–H groups in total. The molecule has 1 aliphatic heterocycles. The number of ether oxygens (including phenoxy) is 1. The van der Waals surface area contributed by atoms with Gasteiger partial charge >= 0.3 is 6.09 Å². The van der Waals surface area contributed by atoms with Gasteiger partial charge in [0.25, 0.3) is 0 Å². The number of fused-ring (bicyclic) bond motifs is 1. The number of hydrogen-bond donors (Lipinski definition) is 3. The molecule has 0 spiro atoms. The third-order valence-electron chi connectivity index (χ3n) is 4.19. The number of imidazole rings is 1. The van der Waals surface area contributed by atoms with Crippen LogP contribution in [-0.4, -0.2) is 65.2 Å². The van der Waals surface area contributed by atoms with E-state index in [0.717, 1.165) is 29.2 Å². The molecule has 2 aromatic rings. The fourth-order valence-electron chi connectivity index (χ4n) is 2.86. The van der Waals surface area contributed by atoms with Crippen LogP contribution in [0.3, 0.4) is 0 Å². The van der Waals surface area contributed by atoms with E-state index in [2.05, 4.69) is 25.6 Å². The summed E-state index contributed by atoms with van der Waals surface area (Å²) in [5.74, 6) is 1.67. The number of nitrogens with zero attached hydrogens (tertiary/aromatic N) is 3. The van der Waals surface area contributed by atoms with Crippen molar-refractivity contribution in [1.82, 2.24) is 25.5 Å². The molecular weight excluding hydrogens is 344 g/mol. The lowest BCUT2D eigenvalue weighted by molar-refractivity contribution is 0.00701. The van der Waals surface area contributed by atoms with Gasteiger partial charge in [-0.15, -0.1) is 0 Å². The summed E-state index contributed by atoms with van der Waals surface area (Å²) in [5.41, 5.74) is 1.56. The largest absolute Gasteiger partial charge is 0.444 e. The summed E-state index contributed by atoms with van der Waals surface area (Å²) < 4.78 is 5.36. The highest BCUT2D eigenvalue weighted by Crippen LogP contribution is 2.15. The van der Waals surface area contributed by atoms with E-state index in [4.69, 9.17) is 4.74 Å². The standard InChI is InChI=1S/C19H28N6O2/c1-19(2,3)27-18(26)25-11-13(12-25)22-17(20-4)21-10-9-16-23-14-7-5-6-8-15(14)24-16/h5-8,13H,9-12H2,1-4H3,(H,23,24)(H2,20,21,22). The number of amides is 1. The summed E-state index contributed by atoms with van der Waals surface area (Å²) in [7, 11) is 1.74. The fourth-order valence-corrected chi connectivity index (χ4v) is 2.86. The van der Waals surface area contributed by atoms with E-state index in [1.54, 1.807) is 11.9 Å². The van der Waals surface area contributed by atoms with Gasteiger partial charge in [-0.25, -0.2) is 9.78 Å². The van der Waals surface area contributed by atoms with Crippen LogP contribution < -0.4 is 10.6 Å². The lowest BCUT2D eigenvalue weighted by atomic mass is 10.1. The predicted octanol–water partition coefficient (Wildman–Crippen LogP) is 1.89. The quantitative estimate of drug-likeness (QED) is 0.563. The Morgan fingerprint density at radius 2 is 2.11 bits per heavy atom. The number of nitrogens with one attached hydrogen (secondary N) is 3. The maximum Gasteiger partial charge on any atom is 0.410 e. The van der Waals surface area contributed by atoms with Gasteiger partial charge in [0.15, 0.2) is 5.96 Å². The molecule has 27 heavy (non-hydrogen) atoms. The first-order valence-electron chi connectivity index (χ1n) is 9.23. The topological polar surface area (TPSA) is 94.6 Å². The van der Waals surface area contributed by atoms with Gasteiger partial charge in [0.2, 0.25) is 0 Å². The molecule has 8 nitrogen and oxygen atoms in total. The molecule has 0 saturated carbocycles. The van der Waals surface area contributed by atoms with Gasteiger partial charge in [-0.05, 0) is 32.9 Å². The molecule has 0 aliphatic carbocycles. The summed E-state index contributed by atoms with van der Waals surface area (Å²) in [6.07, 6.45) is 0.498. The zero-order valence-electron chi connectivity index (χ0n) is 16.4. The molecule has 0 bridgehead atoms. The average molecular weight is 372 g/mol. The number of aliphatic imine (C=N–C) groups is 1. The second-order valence-electron chi connectivity index (χ2n) is 7.68. The SMILES string of the molecule is CN=C(NCCc1nc2ccccc2[nH]1)NC1CN(C(=O)OC(C)(C)C)C1. The van der Waals surface area contributed by atoms with Crippen LogP contribution in [0.5, 0.6) is 0 Å². The minimum atomic E-state index is -0.468. The van der Waals surface area contributed by atoms with E-state index in [0.29, 0.717) is 19.6 Å². The second-order valence-corrected chi connectivity index (χ2v) is 7.68. The smallest absolute Gasteiger partial charge is 0.410 e. The summed E-state index contributed by atoms with van der Waals surface area (Å²) >= 11 is 0. The first-order chi connectivity index (χ1) is 12.8. The molecule has 1 amide bonds. The number of hydrogen-bond acceptors (Lipinski definition) is 4. The number of aromatic nitrogens is 2. The van der Waals surface area contributed by atoms with Crippen LogP contribution in [-0.2, 0) is 11.2 Å². The minimum Gasteiger partial charge on any atom is -0.444 e. The number of benzene rings is 1. The summed E-state index contributed by atoms with van der Waals surface area (Å²) in [5, 5.41) is 6.61. The second kappa shape index (κ2) is 7.85. The van der Waals surface area contributed by atoms with Crippen molar-refractivity contribution >= 4 is 23.1 Å². The Hall–Kier alpha value is -2.77. The van der Waals surface area contributed by atoms with Crippen molar-refractivity contribution in [2.75, 3.05) is 26.7 Å². The highest BCUT2D eigenvalue weighted by molar-refractivity contribution is 5.80. The van der Waals surface area contributed by atoms with Crippen molar-refractivity contribution in [3.63, 3.8) is 0 Å². The van der Waals surface area contributed by atoms with E-state index in [1.807, 2.05) is 45.0 Å². The molecule has 1 aromatic carbocycles. The Morgan fingerprint density at radius 3 is 2.78 bits per heavy atom. The normalized spacial score (nSPS) is 15.6. The van der Waals surface area contributed by atoms with E-state index in [9.17, 15) is 4.79 Å². The van der Waals surface area contributed by atoms with Gasteiger partial charge in [0.1, 0.15) is 11.4 Å². The molecule has 1 saturated heterocycles. The van der Waals surface area contributed by atoms with Crippen molar-refractivity contribution < 1.29 is 9.53 Å². The molecule has 0 unspecified atom stereocenters. The molecule has 3 rings (SSSR count). The minimum absolute atomic E-state index is 0.176. The molecular formula is C19H28N6O2. The first-order valence-corrected chi connectivity index (χ1v) is 9.23. The van der Waals surface area contributed by atoms with Gasteiger partial charge in [-0.2, -0.15) is 0 Å². The molecule has 1 aromatic heterocycles. The van der Waals surface area contributed by atoms with Crippen molar-refractivity contribution in [3.05, 3.63) is 30.1 Å². The molecule has 146 valence electrons. The Labute approximate surface area is 159 Å². The van der Waals surface area contributed by atoms with Crippen molar-refractivity contribution in [1.29, 1.82) is 0 Å².